The lowest BCUT2D eigenvalue weighted by molar-refractivity contribution is -0.140. The summed E-state index contributed by atoms with van der Waals surface area (Å²) in [5.41, 5.74) is 8.88. The number of carbonyl (C=O) groups excluding carboxylic acids is 2. The fraction of sp³-hybridized carbons (Fsp3) is 0.351. The summed E-state index contributed by atoms with van der Waals surface area (Å²) >= 11 is 0. The summed E-state index contributed by atoms with van der Waals surface area (Å²) in [4.78, 5) is 29.0. The lowest BCUT2D eigenvalue weighted by atomic mass is 9.68. The molecule has 3 aromatic carbocycles. The van der Waals surface area contributed by atoms with E-state index in [4.69, 9.17) is 15.2 Å². The van der Waals surface area contributed by atoms with Gasteiger partial charge < -0.3 is 25.4 Å². The molecule has 1 fully saturated rings. The number of hydrogen-bond acceptors (Lipinski definition) is 7. The largest absolute Gasteiger partial charge is 0.463 e. The molecule has 9 heteroatoms. The highest BCUT2D eigenvalue weighted by molar-refractivity contribution is 6.00. The van der Waals surface area contributed by atoms with E-state index in [0.717, 1.165) is 32.5 Å². The molecule has 1 saturated heterocycles. The number of halogens is 2. The van der Waals surface area contributed by atoms with Crippen LogP contribution >= 0.6 is 0 Å². The third-order valence-electron chi connectivity index (χ3n) is 9.07. The van der Waals surface area contributed by atoms with Crippen molar-refractivity contribution in [3.05, 3.63) is 130 Å². The van der Waals surface area contributed by atoms with E-state index in [-0.39, 0.29) is 46.7 Å². The zero-order valence-electron chi connectivity index (χ0n) is 26.3. The van der Waals surface area contributed by atoms with Gasteiger partial charge in [-0.3, -0.25) is 0 Å². The van der Waals surface area contributed by atoms with Gasteiger partial charge in [-0.1, -0.05) is 84.9 Å². The van der Waals surface area contributed by atoms with Gasteiger partial charge >= 0.3 is 11.9 Å². The zero-order valence-corrected chi connectivity index (χ0v) is 26.3. The van der Waals surface area contributed by atoms with Gasteiger partial charge in [0.25, 0.3) is 6.43 Å². The minimum atomic E-state index is -2.83. The third-order valence-corrected chi connectivity index (χ3v) is 9.07. The van der Waals surface area contributed by atoms with Crippen LogP contribution in [0.15, 0.2) is 108 Å². The lowest BCUT2D eigenvalue weighted by Gasteiger charge is -2.43. The molecule has 0 spiro atoms. The Kier molecular flexibility index (Phi) is 10.5. The van der Waals surface area contributed by atoms with Gasteiger partial charge in [0.15, 0.2) is 0 Å². The van der Waals surface area contributed by atoms with Crippen molar-refractivity contribution in [3.8, 4) is 0 Å². The normalized spacial score (nSPS) is 18.3. The van der Waals surface area contributed by atoms with Gasteiger partial charge in [0, 0.05) is 23.2 Å². The Hall–Kier alpha value is -4.50. The molecule has 0 aromatic heterocycles. The standard InChI is InChI=1S/C37H41F2N3O4/c1-3-45-36(44)32-31(28-17-10-11-18-29(28)33(38)39)30(25(2)41-34(32)40)35(43)46-24-12-21-42-22-19-37(20-23-42,26-13-6-4-7-14-26)27-15-8-5-9-16-27/h4-11,13-18,31,33,41H,3,12,19-24,40H2,1-2H3. The molecule has 3 aromatic rings. The molecular formula is C37H41F2N3O4. The van der Waals surface area contributed by atoms with Crippen LogP contribution < -0.4 is 11.1 Å². The van der Waals surface area contributed by atoms with Crippen LogP contribution in [0.3, 0.4) is 0 Å². The Bertz CT molecular complexity index is 1540. The van der Waals surface area contributed by atoms with E-state index in [9.17, 15) is 18.4 Å². The third kappa shape index (κ3) is 6.84. The highest BCUT2D eigenvalue weighted by Gasteiger charge is 2.41. The van der Waals surface area contributed by atoms with Crippen molar-refractivity contribution in [2.45, 2.75) is 50.9 Å². The van der Waals surface area contributed by atoms with E-state index < -0.39 is 24.3 Å². The number of nitrogens with two attached hydrogens (primary N) is 1. The summed E-state index contributed by atoms with van der Waals surface area (Å²) in [6.45, 7) is 5.96. The average Bonchev–Trinajstić information content (AvgIpc) is 3.07. The maximum Gasteiger partial charge on any atom is 0.338 e. The van der Waals surface area contributed by atoms with Crippen LogP contribution in [0.25, 0.3) is 0 Å². The fourth-order valence-electron chi connectivity index (χ4n) is 6.79. The predicted molar refractivity (Wildman–Crippen MR) is 173 cm³/mol. The number of allylic oxidation sites excluding steroid dienone is 1. The molecule has 242 valence electrons. The zero-order chi connectivity index (χ0) is 32.7. The van der Waals surface area contributed by atoms with Crippen LogP contribution in [0.1, 0.15) is 67.7 Å². The molecule has 2 aliphatic heterocycles. The first-order chi connectivity index (χ1) is 22.3. The molecule has 46 heavy (non-hydrogen) atoms. The Morgan fingerprint density at radius 1 is 0.891 bits per heavy atom. The van der Waals surface area contributed by atoms with Crippen molar-refractivity contribution in [1.29, 1.82) is 0 Å². The Morgan fingerprint density at radius 3 is 2.04 bits per heavy atom. The highest BCUT2D eigenvalue weighted by atomic mass is 19.3. The molecule has 0 saturated carbocycles. The van der Waals surface area contributed by atoms with Crippen molar-refractivity contribution in [3.63, 3.8) is 0 Å². The van der Waals surface area contributed by atoms with E-state index in [0.29, 0.717) is 12.1 Å². The Balaban J connectivity index is 1.26. The summed E-state index contributed by atoms with van der Waals surface area (Å²) < 4.78 is 39.2. The summed E-state index contributed by atoms with van der Waals surface area (Å²) in [6, 6.07) is 27.1. The van der Waals surface area contributed by atoms with E-state index in [1.165, 1.54) is 29.3 Å². The topological polar surface area (TPSA) is 93.9 Å². The SMILES string of the molecule is CCOC(=O)C1=C(N)NC(C)=C(C(=O)OCCCN2CCC(c3ccccc3)(c3ccccc3)CC2)C1c1ccccc1C(F)F. The number of likely N-dealkylation sites (tertiary alicyclic amines) is 1. The van der Waals surface area contributed by atoms with Crippen LogP contribution in [-0.2, 0) is 24.5 Å². The number of nitrogens with zero attached hydrogens (tertiary/aromatic N) is 1. The van der Waals surface area contributed by atoms with Gasteiger partial charge in [0.1, 0.15) is 5.82 Å². The molecule has 2 aliphatic rings. The number of dihydropyridines is 1. The molecule has 5 rings (SSSR count). The minimum absolute atomic E-state index is 0.0475. The quantitative estimate of drug-likeness (QED) is 0.189. The second-order valence-corrected chi connectivity index (χ2v) is 11.7. The first kappa shape index (κ1) is 32.9. The first-order valence-electron chi connectivity index (χ1n) is 15.8. The fourth-order valence-corrected chi connectivity index (χ4v) is 6.79. The maximum atomic E-state index is 14.1. The Morgan fingerprint density at radius 2 is 1.46 bits per heavy atom. The maximum absolute atomic E-state index is 14.1. The predicted octanol–water partition coefficient (Wildman–Crippen LogP) is 6.33. The van der Waals surface area contributed by atoms with Crippen molar-refractivity contribution < 1.29 is 27.8 Å². The molecule has 3 N–H and O–H groups in total. The summed E-state index contributed by atoms with van der Waals surface area (Å²) in [5, 5.41) is 2.86. The van der Waals surface area contributed by atoms with Crippen molar-refractivity contribution >= 4 is 11.9 Å². The molecule has 0 aliphatic carbocycles. The number of piperidine rings is 1. The number of ether oxygens (including phenoxy) is 2. The molecule has 1 atom stereocenters. The average molecular weight is 630 g/mol. The van der Waals surface area contributed by atoms with Crippen molar-refractivity contribution in [1.82, 2.24) is 10.2 Å². The van der Waals surface area contributed by atoms with Gasteiger partial charge in [0.05, 0.1) is 30.3 Å². The van der Waals surface area contributed by atoms with E-state index in [1.807, 2.05) is 12.1 Å². The van der Waals surface area contributed by atoms with Gasteiger partial charge in [-0.15, -0.1) is 0 Å². The van der Waals surface area contributed by atoms with Gasteiger partial charge in [-0.25, -0.2) is 18.4 Å². The molecule has 7 nitrogen and oxygen atoms in total. The number of rotatable bonds is 11. The van der Waals surface area contributed by atoms with Gasteiger partial charge in [-0.2, -0.15) is 0 Å². The van der Waals surface area contributed by atoms with E-state index in [2.05, 4.69) is 58.7 Å². The van der Waals surface area contributed by atoms with Crippen LogP contribution in [0.2, 0.25) is 0 Å². The number of hydrogen-bond donors (Lipinski definition) is 2. The first-order valence-corrected chi connectivity index (χ1v) is 15.8. The lowest BCUT2D eigenvalue weighted by Crippen LogP contribution is -2.43. The van der Waals surface area contributed by atoms with Crippen LogP contribution in [0.4, 0.5) is 8.78 Å². The molecule has 2 heterocycles. The summed E-state index contributed by atoms with van der Waals surface area (Å²) in [6.07, 6.45) is -0.307. The van der Waals surface area contributed by atoms with Crippen LogP contribution in [-0.4, -0.2) is 49.7 Å². The van der Waals surface area contributed by atoms with E-state index >= 15 is 0 Å². The van der Waals surface area contributed by atoms with Crippen LogP contribution in [0, 0.1) is 0 Å². The summed E-state index contributed by atoms with van der Waals surface area (Å²) in [5.74, 6) is -2.70. The monoisotopic (exact) mass is 629 g/mol. The van der Waals surface area contributed by atoms with E-state index in [1.54, 1.807) is 19.9 Å². The second-order valence-electron chi connectivity index (χ2n) is 11.7. The molecule has 1 unspecified atom stereocenters. The highest BCUT2D eigenvalue weighted by Crippen LogP contribution is 2.43. The summed E-state index contributed by atoms with van der Waals surface area (Å²) in [7, 11) is 0. The molecular weight excluding hydrogens is 588 g/mol. The Labute approximate surface area is 269 Å². The molecule has 0 amide bonds. The number of alkyl halides is 2. The number of benzene rings is 3. The number of carbonyl (C=O) groups is 2. The van der Waals surface area contributed by atoms with Crippen LogP contribution in [0.5, 0.6) is 0 Å². The van der Waals surface area contributed by atoms with Gasteiger partial charge in [0.2, 0.25) is 0 Å². The van der Waals surface area contributed by atoms with Gasteiger partial charge in [-0.05, 0) is 62.9 Å². The van der Waals surface area contributed by atoms with Crippen molar-refractivity contribution in [2.75, 3.05) is 32.8 Å². The molecule has 0 bridgehead atoms. The number of esters is 2. The minimum Gasteiger partial charge on any atom is -0.463 e. The molecule has 0 radical (unpaired) electrons. The van der Waals surface area contributed by atoms with Crippen molar-refractivity contribution in [2.24, 2.45) is 5.73 Å². The number of nitrogens with one attached hydrogen (secondary N) is 1. The second kappa shape index (κ2) is 14.7. The smallest absolute Gasteiger partial charge is 0.338 e.